The minimum atomic E-state index is -2.29. The van der Waals surface area contributed by atoms with Crippen LogP contribution in [0.25, 0.3) is 22.1 Å². The number of nitrogens with two attached hydrogens (primary N) is 1. The molecule has 3 aliphatic rings. The average molecular weight is 1060 g/mol. The molecule has 0 spiro atoms. The van der Waals surface area contributed by atoms with Crippen molar-refractivity contribution >= 4 is 80.5 Å². The number of rotatable bonds is 19. The largest absolute Gasteiger partial charge is 0.480 e. The molecule has 8 bridgehead atoms. The summed E-state index contributed by atoms with van der Waals surface area (Å²) in [5.74, 6) is 0.532. The van der Waals surface area contributed by atoms with Crippen molar-refractivity contribution in [3.63, 3.8) is 0 Å². The number of amides is 3. The molecule has 16 heteroatoms. The number of unbranched alkanes of at least 4 members (excludes halogenated alkanes) is 1. The Hall–Kier alpha value is -7.61. The number of Topliss-reactive ketones (excluding diaryl/α,β-unsaturated/α-hetero) is 2. The maximum atomic E-state index is 14.3. The topological polar surface area (TPSA) is 242 Å². The molecule has 6 aromatic rings. The van der Waals surface area contributed by atoms with Gasteiger partial charge in [-0.1, -0.05) is 75.4 Å². The van der Waals surface area contributed by atoms with Crippen molar-refractivity contribution in [2.75, 3.05) is 12.7 Å². The lowest BCUT2D eigenvalue weighted by Gasteiger charge is -2.28. The molecule has 0 radical (unpaired) electrons. The van der Waals surface area contributed by atoms with Gasteiger partial charge in [0.15, 0.2) is 11.6 Å². The maximum absolute atomic E-state index is 14.3. The third-order valence-corrected chi connectivity index (χ3v) is 20.7. The molecule has 0 saturated heterocycles. The summed E-state index contributed by atoms with van der Waals surface area (Å²) in [5, 5.41) is 20.1. The number of hydrogen-bond donors (Lipinski definition) is 7. The molecule has 15 nitrogen and oxygen atoms in total. The highest BCUT2D eigenvalue weighted by atomic mass is 31.2. The zero-order valence-corrected chi connectivity index (χ0v) is 45.4. The number of ketones is 2. The number of carbonyl (C=O) groups is 6. The highest BCUT2D eigenvalue weighted by molar-refractivity contribution is 7.95. The zero-order chi connectivity index (χ0) is 54.7. The molecule has 1 aliphatic carbocycles. The molecular formula is C61H68N8O7P+. The Morgan fingerprint density at radius 3 is 1.88 bits per heavy atom. The van der Waals surface area contributed by atoms with Gasteiger partial charge in [0.2, 0.25) is 11.8 Å². The number of carbonyl (C=O) groups excluding carboxylic acids is 5. The summed E-state index contributed by atoms with van der Waals surface area (Å²) in [5.41, 5.74) is 9.87. The first-order valence-electron chi connectivity index (χ1n) is 26.7. The Morgan fingerprint density at radius 2 is 1.30 bits per heavy atom. The SMILES string of the molecule is CC[C@H]1c2cc3[nH]c4c(c3C)C(=O)C(C(=O)O)c4c3nc(cc4[nH]c(cc(n2)[C@@H]1C)c(C(C)=O)c4C)[C@@H](C)[C@@H]3CCC(=O)NCCCC[C@H](NC(=O)CC[P+](c1ccccc1)(c1ccccc1)c1ccccc1)C(=O)NN. The summed E-state index contributed by atoms with van der Waals surface area (Å²) in [6.45, 7) is 11.8. The van der Waals surface area contributed by atoms with Crippen LogP contribution in [0.15, 0.2) is 109 Å². The number of aromatic amines is 2. The van der Waals surface area contributed by atoms with Gasteiger partial charge in [0.05, 0.1) is 29.3 Å². The number of carboxylic acids is 1. The molecule has 2 aliphatic heterocycles. The van der Waals surface area contributed by atoms with E-state index in [9.17, 15) is 33.9 Å². The summed E-state index contributed by atoms with van der Waals surface area (Å²) >= 11 is 0. The van der Waals surface area contributed by atoms with Crippen LogP contribution in [-0.2, 0) is 19.2 Å². The molecule has 8 N–H and O–H groups in total. The van der Waals surface area contributed by atoms with Gasteiger partial charge in [0, 0.05) is 81.4 Å². The van der Waals surface area contributed by atoms with E-state index in [-0.39, 0.29) is 54.6 Å². The number of carboxylic acid groups (broad SMARTS) is 1. The highest BCUT2D eigenvalue weighted by Crippen LogP contribution is 2.56. The van der Waals surface area contributed by atoms with Gasteiger partial charge in [-0.3, -0.25) is 44.2 Å². The van der Waals surface area contributed by atoms with Gasteiger partial charge in [0.1, 0.15) is 35.1 Å². The second kappa shape index (κ2) is 22.9. The fraction of sp³-hybridized carbons (Fsp3) is 0.344. The van der Waals surface area contributed by atoms with Crippen LogP contribution < -0.4 is 37.8 Å². The zero-order valence-electron chi connectivity index (χ0n) is 44.5. The number of benzene rings is 3. The molecule has 3 aromatic heterocycles. The Kier molecular flexibility index (Phi) is 16.1. The first-order chi connectivity index (χ1) is 37.1. The van der Waals surface area contributed by atoms with Crippen molar-refractivity contribution in [2.24, 2.45) is 5.84 Å². The smallest absolute Gasteiger partial charge is 0.319 e. The van der Waals surface area contributed by atoms with Crippen LogP contribution in [0.2, 0.25) is 0 Å². The quantitative estimate of drug-likeness (QED) is 0.00775. The summed E-state index contributed by atoms with van der Waals surface area (Å²) in [6.07, 6.45) is 3.16. The monoisotopic (exact) mass is 1060 g/mol. The number of nitrogens with one attached hydrogen (secondary N) is 5. The van der Waals surface area contributed by atoms with Gasteiger partial charge >= 0.3 is 5.97 Å². The summed E-state index contributed by atoms with van der Waals surface area (Å²) < 4.78 is 0. The molecule has 0 fully saturated rings. The average Bonchev–Trinajstić information content (AvgIpc) is 4.25. The number of fused-ring (bicyclic) bond motifs is 8. The van der Waals surface area contributed by atoms with Crippen LogP contribution in [0.1, 0.15) is 162 Å². The van der Waals surface area contributed by atoms with E-state index in [0.29, 0.717) is 87.7 Å². The van der Waals surface area contributed by atoms with E-state index in [1.807, 2.05) is 93.6 Å². The van der Waals surface area contributed by atoms with E-state index < -0.39 is 42.8 Å². The van der Waals surface area contributed by atoms with Gasteiger partial charge in [-0.2, -0.15) is 0 Å². The second-order valence-electron chi connectivity index (χ2n) is 20.8. The van der Waals surface area contributed by atoms with Crippen molar-refractivity contribution < 1.29 is 33.9 Å². The van der Waals surface area contributed by atoms with Crippen molar-refractivity contribution in [1.29, 1.82) is 0 Å². The first-order valence-corrected chi connectivity index (χ1v) is 28.7. The van der Waals surface area contributed by atoms with E-state index in [1.54, 1.807) is 6.92 Å². The van der Waals surface area contributed by atoms with Crippen molar-refractivity contribution in [3.05, 3.63) is 160 Å². The fourth-order valence-electron chi connectivity index (χ4n) is 12.1. The molecule has 77 heavy (non-hydrogen) atoms. The number of aliphatic carboxylic acids is 1. The van der Waals surface area contributed by atoms with E-state index in [0.717, 1.165) is 39.3 Å². The van der Waals surface area contributed by atoms with Crippen molar-refractivity contribution in [3.8, 4) is 0 Å². The molecule has 398 valence electrons. The van der Waals surface area contributed by atoms with Crippen molar-refractivity contribution in [1.82, 2.24) is 36.0 Å². The summed E-state index contributed by atoms with van der Waals surface area (Å²) in [4.78, 5) is 98.5. The van der Waals surface area contributed by atoms with Crippen LogP contribution in [0.3, 0.4) is 0 Å². The Balaban J connectivity index is 0.919. The predicted octanol–water partition coefficient (Wildman–Crippen LogP) is 8.61. The molecular weight excluding hydrogens is 988 g/mol. The van der Waals surface area contributed by atoms with E-state index in [4.69, 9.17) is 15.8 Å². The third kappa shape index (κ3) is 10.5. The summed E-state index contributed by atoms with van der Waals surface area (Å²) in [7, 11) is -2.29. The number of H-pyrrole nitrogens is 2. The number of hydrogen-bond acceptors (Lipinski definition) is 9. The molecule has 9 rings (SSSR count). The third-order valence-electron chi connectivity index (χ3n) is 16.2. The van der Waals surface area contributed by atoms with Gasteiger partial charge in [-0.25, -0.2) is 5.84 Å². The molecule has 0 saturated carbocycles. The van der Waals surface area contributed by atoms with Crippen LogP contribution >= 0.6 is 7.26 Å². The van der Waals surface area contributed by atoms with Gasteiger partial charge in [-0.15, -0.1) is 0 Å². The van der Waals surface area contributed by atoms with E-state index in [1.165, 1.54) is 0 Å². The number of nitrogens with zero attached hydrogens (tertiary/aromatic N) is 2. The minimum absolute atomic E-state index is 0.0379. The Labute approximate surface area is 449 Å². The number of hydrazine groups is 1. The minimum Gasteiger partial charge on any atom is -0.480 e. The second-order valence-corrected chi connectivity index (χ2v) is 24.4. The van der Waals surface area contributed by atoms with Crippen LogP contribution in [-0.4, -0.2) is 79.0 Å². The Bertz CT molecular complexity index is 3330. The Morgan fingerprint density at radius 1 is 0.727 bits per heavy atom. The molecule has 5 heterocycles. The van der Waals surface area contributed by atoms with Gasteiger partial charge < -0.3 is 25.7 Å². The van der Waals surface area contributed by atoms with E-state index in [2.05, 4.69) is 76.3 Å². The molecule has 3 amide bonds. The van der Waals surface area contributed by atoms with Crippen LogP contribution in [0.4, 0.5) is 0 Å². The first kappa shape index (κ1) is 54.2. The predicted molar refractivity (Wildman–Crippen MR) is 303 cm³/mol. The van der Waals surface area contributed by atoms with Gasteiger partial charge in [-0.05, 0) is 119 Å². The number of aromatic nitrogens is 4. The lowest BCUT2D eigenvalue weighted by atomic mass is 9.84. The fourth-order valence-corrected chi connectivity index (χ4v) is 16.3. The van der Waals surface area contributed by atoms with Crippen LogP contribution in [0, 0.1) is 13.8 Å². The number of aryl methyl sites for hydroxylation is 2. The molecule has 6 atom stereocenters. The molecule has 1 unspecified atom stereocenters. The normalized spacial score (nSPS) is 18.2. The van der Waals surface area contributed by atoms with Crippen LogP contribution in [0.5, 0.6) is 0 Å². The van der Waals surface area contributed by atoms with Gasteiger partial charge in [0.25, 0.3) is 5.91 Å². The standard InChI is InChI=1S/C61H67N8O7P/c1-7-42-34(2)45-33-50-53(38(6)70)36(4)47(65-50)31-46-35(3)43(57(67-46)55-56(61(75)76)59(73)54-37(5)48(68-58(54)55)32-49(42)64-45)26-27-51(71)63-29-18-17-25-44(60(74)69-62)66-52(72)28-30-77(39-19-11-8-12-20-39,40-21-13-9-14-22-40)41-23-15-10-16-24-41/h8-16,19-24,31-35,42-44,56H,7,17-18,25-30H2,1-6H3,(H7-,62,63,64,65,66,67,68,69,70,71,72,73,74,75,76)/p+1/t34-,35+,42-,43+,44+,56?/m1/s1. The molecule has 3 aromatic carbocycles. The van der Waals surface area contributed by atoms with E-state index >= 15 is 0 Å². The lowest BCUT2D eigenvalue weighted by molar-refractivity contribution is -0.137. The summed E-state index contributed by atoms with van der Waals surface area (Å²) in [6, 6.07) is 35.8. The lowest BCUT2D eigenvalue weighted by Crippen LogP contribution is -2.49. The highest BCUT2D eigenvalue weighted by Gasteiger charge is 2.47. The van der Waals surface area contributed by atoms with Crippen molar-refractivity contribution in [2.45, 2.75) is 122 Å². The maximum Gasteiger partial charge on any atom is 0.319 e.